The van der Waals surface area contributed by atoms with Crippen molar-refractivity contribution in [1.29, 1.82) is 0 Å². The lowest BCUT2D eigenvalue weighted by Gasteiger charge is -2.54. The number of nitrogens with one attached hydrogen (secondary N) is 1. The van der Waals surface area contributed by atoms with Gasteiger partial charge in [0.25, 0.3) is 0 Å². The maximum atomic E-state index is 14.2. The van der Waals surface area contributed by atoms with Crippen LogP contribution in [0.4, 0.5) is 10.6 Å². The number of carbonyl (C=O) groups excluding carboxylic acids is 3. The number of likely N-dealkylation sites (tertiary alicyclic amines) is 1. The second-order valence-corrected chi connectivity index (χ2v) is 12.9. The highest BCUT2D eigenvalue weighted by Crippen LogP contribution is 2.30. The fourth-order valence-corrected chi connectivity index (χ4v) is 6.98. The van der Waals surface area contributed by atoms with Crippen LogP contribution in [0.1, 0.15) is 29.5 Å². The van der Waals surface area contributed by atoms with Gasteiger partial charge in [0, 0.05) is 71.5 Å². The van der Waals surface area contributed by atoms with Crippen LogP contribution in [-0.2, 0) is 29.1 Å². The molecule has 248 valence electrons. The van der Waals surface area contributed by atoms with Crippen LogP contribution < -0.4 is 10.2 Å². The molecule has 3 saturated heterocycles. The Morgan fingerprint density at radius 2 is 1.68 bits per heavy atom. The van der Waals surface area contributed by atoms with Crippen molar-refractivity contribution in [2.75, 3.05) is 52.2 Å². The van der Waals surface area contributed by atoms with E-state index in [1.54, 1.807) is 57.3 Å². The number of anilines is 1. The van der Waals surface area contributed by atoms with E-state index in [9.17, 15) is 19.5 Å². The first-order valence-electron chi connectivity index (χ1n) is 16.2. The van der Waals surface area contributed by atoms with Crippen molar-refractivity contribution in [2.24, 2.45) is 0 Å². The number of phenolic OH excluding ortho intramolecular Hbond substituents is 1. The Kier molecular flexibility index (Phi) is 9.60. The smallest absolute Gasteiger partial charge is 0.334 e. The summed E-state index contributed by atoms with van der Waals surface area (Å²) in [6, 6.07) is 19.8. The summed E-state index contributed by atoms with van der Waals surface area (Å²) in [7, 11) is 5.57. The van der Waals surface area contributed by atoms with E-state index in [2.05, 4.69) is 39.5 Å². The lowest BCUT2D eigenvalue weighted by Crippen LogP contribution is -2.76. The molecule has 3 aromatic rings. The van der Waals surface area contributed by atoms with Crippen LogP contribution in [0.15, 0.2) is 72.9 Å². The highest BCUT2D eigenvalue weighted by Gasteiger charge is 2.51. The summed E-state index contributed by atoms with van der Waals surface area (Å²) < 4.78 is 0. The van der Waals surface area contributed by atoms with Gasteiger partial charge in [0.05, 0.1) is 13.1 Å². The van der Waals surface area contributed by atoms with Gasteiger partial charge in [-0.1, -0.05) is 48.5 Å². The number of carbonyl (C=O) groups is 3. The Labute approximate surface area is 276 Å². The van der Waals surface area contributed by atoms with Crippen LogP contribution in [0.5, 0.6) is 5.75 Å². The maximum Gasteiger partial charge on any atom is 0.334 e. The zero-order chi connectivity index (χ0) is 33.1. The average Bonchev–Trinajstić information content (AvgIpc) is 3.05. The molecule has 0 radical (unpaired) electrons. The van der Waals surface area contributed by atoms with Crippen molar-refractivity contribution < 1.29 is 19.5 Å². The molecule has 6 rings (SSSR count). The molecule has 3 fully saturated rings. The van der Waals surface area contributed by atoms with E-state index < -0.39 is 12.2 Å². The van der Waals surface area contributed by atoms with Crippen molar-refractivity contribution in [3.05, 3.63) is 89.6 Å². The molecule has 2 aromatic carbocycles. The van der Waals surface area contributed by atoms with Gasteiger partial charge < -0.3 is 25.1 Å². The Hall–Kier alpha value is -4.68. The van der Waals surface area contributed by atoms with Crippen LogP contribution in [0, 0.1) is 0 Å². The van der Waals surface area contributed by atoms with Crippen molar-refractivity contribution in [3.63, 3.8) is 0 Å². The zero-order valence-corrected chi connectivity index (χ0v) is 27.3. The van der Waals surface area contributed by atoms with Crippen molar-refractivity contribution in [1.82, 2.24) is 35.0 Å². The van der Waals surface area contributed by atoms with Crippen LogP contribution in [0.25, 0.3) is 0 Å². The maximum absolute atomic E-state index is 14.2. The molecular formula is C35H44N8O4. The van der Waals surface area contributed by atoms with Gasteiger partial charge in [-0.15, -0.1) is 0 Å². The second-order valence-electron chi connectivity index (χ2n) is 12.9. The largest absolute Gasteiger partial charge is 0.508 e. The predicted octanol–water partition coefficient (Wildman–Crippen LogP) is 2.50. The Morgan fingerprint density at radius 3 is 2.38 bits per heavy atom. The van der Waals surface area contributed by atoms with Crippen LogP contribution in [-0.4, -0.2) is 118 Å². The average molecular weight is 641 g/mol. The Balaban J connectivity index is 1.23. The minimum absolute atomic E-state index is 0.00108. The first-order valence-corrected chi connectivity index (χ1v) is 16.2. The number of aromatic hydroxyl groups is 1. The number of aromatic nitrogens is 1. The molecule has 2 atom stereocenters. The van der Waals surface area contributed by atoms with Gasteiger partial charge in [-0.05, 0) is 42.2 Å². The van der Waals surface area contributed by atoms with Gasteiger partial charge in [-0.3, -0.25) is 14.5 Å². The van der Waals surface area contributed by atoms with E-state index in [0.29, 0.717) is 0 Å². The number of benzene rings is 2. The highest BCUT2D eigenvalue weighted by atomic mass is 16.3. The number of fused-ring (bicyclic) bond motifs is 1. The summed E-state index contributed by atoms with van der Waals surface area (Å²) in [5.74, 6) is 0.484. The molecule has 3 aliphatic rings. The molecule has 0 spiro atoms. The summed E-state index contributed by atoms with van der Waals surface area (Å²) in [6.07, 6.45) is 2.93. The van der Waals surface area contributed by atoms with E-state index in [4.69, 9.17) is 0 Å². The molecule has 47 heavy (non-hydrogen) atoms. The summed E-state index contributed by atoms with van der Waals surface area (Å²) in [5, 5.41) is 16.4. The summed E-state index contributed by atoms with van der Waals surface area (Å²) >= 11 is 0. The molecule has 12 nitrogen and oxygen atoms in total. The molecule has 0 saturated carbocycles. The van der Waals surface area contributed by atoms with Gasteiger partial charge in [0.2, 0.25) is 11.8 Å². The Bertz CT molecular complexity index is 1560. The van der Waals surface area contributed by atoms with Crippen LogP contribution >= 0.6 is 0 Å². The predicted molar refractivity (Wildman–Crippen MR) is 178 cm³/mol. The number of piperazine rings is 1. The van der Waals surface area contributed by atoms with Crippen molar-refractivity contribution >= 4 is 23.7 Å². The molecule has 1 aromatic heterocycles. The van der Waals surface area contributed by atoms with E-state index in [-0.39, 0.29) is 55.7 Å². The summed E-state index contributed by atoms with van der Waals surface area (Å²) in [5.41, 5.74) is 2.95. The lowest BCUT2D eigenvalue weighted by atomic mass is 9.98. The summed E-state index contributed by atoms with van der Waals surface area (Å²) in [6.45, 7) is 3.05. The molecule has 3 aliphatic heterocycles. The number of phenols is 1. The highest BCUT2D eigenvalue weighted by molar-refractivity contribution is 5.91. The quantitative estimate of drug-likeness (QED) is 0.386. The Morgan fingerprint density at radius 1 is 0.957 bits per heavy atom. The van der Waals surface area contributed by atoms with Gasteiger partial charge in [0.15, 0.2) is 0 Å². The number of rotatable bonds is 8. The lowest BCUT2D eigenvalue weighted by molar-refractivity contribution is -0.187. The first-order chi connectivity index (χ1) is 22.7. The van der Waals surface area contributed by atoms with E-state index in [1.165, 1.54) is 5.56 Å². The van der Waals surface area contributed by atoms with Crippen LogP contribution in [0.2, 0.25) is 0 Å². The number of hydrogen-bond donors (Lipinski definition) is 2. The third-order valence-electron chi connectivity index (χ3n) is 9.33. The molecule has 1 unspecified atom stereocenters. The first kappa shape index (κ1) is 32.3. The molecule has 4 amide bonds. The number of amides is 4. The molecule has 0 bridgehead atoms. The van der Waals surface area contributed by atoms with E-state index in [0.717, 1.165) is 49.4 Å². The van der Waals surface area contributed by atoms with Crippen molar-refractivity contribution in [3.8, 4) is 5.75 Å². The van der Waals surface area contributed by atoms with Gasteiger partial charge in [-0.25, -0.2) is 19.8 Å². The zero-order valence-electron chi connectivity index (χ0n) is 27.3. The van der Waals surface area contributed by atoms with Gasteiger partial charge in [-0.2, -0.15) is 0 Å². The molecule has 0 aliphatic carbocycles. The number of pyridine rings is 1. The fourth-order valence-electron chi connectivity index (χ4n) is 6.98. The van der Waals surface area contributed by atoms with Gasteiger partial charge in [0.1, 0.15) is 23.8 Å². The van der Waals surface area contributed by atoms with Crippen molar-refractivity contribution in [2.45, 2.75) is 50.6 Å². The number of likely N-dealkylation sites (N-methyl/N-ethyl adjacent to an activating group) is 1. The number of nitrogens with zero attached hydrogens (tertiary/aromatic N) is 7. The number of hydrazine groups is 1. The second kappa shape index (κ2) is 14.0. The minimum Gasteiger partial charge on any atom is -0.508 e. The normalized spacial score (nSPS) is 21.1. The molecular weight excluding hydrogens is 596 g/mol. The van der Waals surface area contributed by atoms with E-state index in [1.807, 2.05) is 37.2 Å². The topological polar surface area (TPSA) is 116 Å². The summed E-state index contributed by atoms with van der Waals surface area (Å²) in [4.78, 5) is 54.2. The molecule has 12 heteroatoms. The monoisotopic (exact) mass is 640 g/mol. The molecule has 2 N–H and O–H groups in total. The van der Waals surface area contributed by atoms with Gasteiger partial charge >= 0.3 is 6.03 Å². The number of urea groups is 1. The number of hydrogen-bond acceptors (Lipinski definition) is 8. The molecule has 4 heterocycles. The third-order valence-corrected chi connectivity index (χ3v) is 9.33. The fraction of sp³-hybridized carbons (Fsp3) is 0.429. The SMILES string of the molecule is CN(C)c1ncccc1CN1CC2N(C(=O)CN(C)N2C(=O)NC2CCN(Cc3ccccc3)CC2)[C@@H](Cc2ccc(O)cc2)C1=O. The van der Waals surface area contributed by atoms with E-state index >= 15 is 0 Å². The van der Waals surface area contributed by atoms with Crippen LogP contribution in [0.3, 0.4) is 0 Å². The number of piperidine rings is 1. The minimum atomic E-state index is -0.824. The third kappa shape index (κ3) is 7.18. The standard InChI is InChI=1S/C35H44N8O4/c1-38(2)33-27(10-7-17-36-33)22-41-23-31-42(30(34(41)46)20-25-11-13-29(44)14-12-25)32(45)24-39(3)43(31)35(47)37-28-15-18-40(19-16-28)21-26-8-5-4-6-9-26/h4-14,17,28,30-31,44H,15-16,18-24H2,1-3H3,(H,37,47)/t30-,31?/m0/s1.